The summed E-state index contributed by atoms with van der Waals surface area (Å²) in [6.07, 6.45) is 2.37. The molecule has 1 aliphatic rings. The van der Waals surface area contributed by atoms with Crippen LogP contribution in [0.5, 0.6) is 0 Å². The minimum atomic E-state index is -0.799. The number of nitrogens with zero attached hydrogens (tertiary/aromatic N) is 2. The Hall–Kier alpha value is -1.32. The topological polar surface area (TPSA) is 58.9 Å². The molecule has 2 amide bonds. The van der Waals surface area contributed by atoms with Gasteiger partial charge in [-0.1, -0.05) is 0 Å². The van der Waals surface area contributed by atoms with Crippen molar-refractivity contribution in [2.24, 2.45) is 9.98 Å². The maximum absolute atomic E-state index is 10.1. The molecule has 0 bridgehead atoms. The number of carbonyl (C=O) groups is 2. The monoisotopic (exact) mass is 110 g/mol. The van der Waals surface area contributed by atoms with E-state index in [2.05, 4.69) is 9.98 Å². The molecule has 0 atom stereocenters. The molecule has 1 rings (SSSR count). The molecule has 1 aliphatic heterocycles. The van der Waals surface area contributed by atoms with Crippen LogP contribution in [0.2, 0.25) is 0 Å². The van der Waals surface area contributed by atoms with Gasteiger partial charge in [0.25, 0.3) is 0 Å². The van der Waals surface area contributed by atoms with Gasteiger partial charge in [-0.3, -0.25) is 9.59 Å². The zero-order chi connectivity index (χ0) is 5.98. The molecular weight excluding hydrogens is 108 g/mol. The van der Waals surface area contributed by atoms with Gasteiger partial charge in [-0.25, -0.2) is 9.98 Å². The summed E-state index contributed by atoms with van der Waals surface area (Å²) in [7, 11) is 0. The highest BCUT2D eigenvalue weighted by Gasteiger charge is 2.10. The molecule has 0 spiro atoms. The minimum absolute atomic E-state index is 0.799. The van der Waals surface area contributed by atoms with Gasteiger partial charge in [0.1, 0.15) is 0 Å². The molecule has 0 aromatic rings. The second-order valence-electron chi connectivity index (χ2n) is 1.17. The third-order valence-corrected chi connectivity index (χ3v) is 0.633. The predicted molar refractivity (Wildman–Crippen MR) is 27.0 cm³/mol. The normalized spacial score (nSPS) is 17.5. The fraction of sp³-hybridized carbons (Fsp3) is 0. The van der Waals surface area contributed by atoms with Gasteiger partial charge in [-0.05, 0) is 0 Å². The largest absolute Gasteiger partial charge is 0.337 e. The summed E-state index contributed by atoms with van der Waals surface area (Å²) in [4.78, 5) is 26.6. The Labute approximate surface area is 44.9 Å². The van der Waals surface area contributed by atoms with Crippen molar-refractivity contribution >= 4 is 24.2 Å². The Kier molecular flexibility index (Phi) is 0.997. The standard InChI is InChI=1S/C4H2N2O2/c7-3-4(8)6-2-1-5-3/h1-2H. The summed E-state index contributed by atoms with van der Waals surface area (Å²) < 4.78 is 0. The maximum Gasteiger partial charge on any atom is 0.337 e. The molecule has 1 heterocycles. The second kappa shape index (κ2) is 1.65. The van der Waals surface area contributed by atoms with E-state index in [-0.39, 0.29) is 0 Å². The van der Waals surface area contributed by atoms with Gasteiger partial charge in [0.15, 0.2) is 0 Å². The zero-order valence-electron chi connectivity index (χ0n) is 3.87. The molecule has 4 nitrogen and oxygen atoms in total. The molecule has 0 N–H and O–H groups in total. The maximum atomic E-state index is 10.1. The highest BCUT2D eigenvalue weighted by atomic mass is 16.2. The van der Waals surface area contributed by atoms with Crippen LogP contribution in [-0.4, -0.2) is 24.2 Å². The first-order chi connectivity index (χ1) is 3.80. The highest BCUT2D eigenvalue weighted by molar-refractivity contribution is 6.44. The summed E-state index contributed by atoms with van der Waals surface area (Å²) in [6.45, 7) is 0. The number of hydrogen-bond acceptors (Lipinski definition) is 2. The van der Waals surface area contributed by atoms with Gasteiger partial charge >= 0.3 is 11.8 Å². The lowest BCUT2D eigenvalue weighted by Gasteiger charge is -1.87. The third-order valence-electron chi connectivity index (χ3n) is 0.633. The molecule has 0 fully saturated rings. The van der Waals surface area contributed by atoms with E-state index in [1.165, 1.54) is 12.4 Å². The average Bonchev–Trinajstić information content (AvgIpc) is 1.77. The van der Waals surface area contributed by atoms with Crippen molar-refractivity contribution in [3.63, 3.8) is 0 Å². The first kappa shape index (κ1) is 4.83. The number of rotatable bonds is 0. The predicted octanol–water partition coefficient (Wildman–Crippen LogP) is -0.805. The van der Waals surface area contributed by atoms with Crippen LogP contribution < -0.4 is 0 Å². The van der Waals surface area contributed by atoms with Crippen LogP contribution in [0.25, 0.3) is 0 Å². The summed E-state index contributed by atoms with van der Waals surface area (Å²) >= 11 is 0. The molecule has 8 heavy (non-hydrogen) atoms. The molecule has 0 aliphatic carbocycles. The Morgan fingerprint density at radius 2 is 1.38 bits per heavy atom. The van der Waals surface area contributed by atoms with Gasteiger partial charge in [0.05, 0.1) is 0 Å². The molecule has 40 valence electrons. The van der Waals surface area contributed by atoms with Gasteiger partial charge in [0.2, 0.25) is 0 Å². The van der Waals surface area contributed by atoms with Crippen LogP contribution in [0.15, 0.2) is 9.98 Å². The van der Waals surface area contributed by atoms with Crippen molar-refractivity contribution in [3.8, 4) is 0 Å². The second-order valence-corrected chi connectivity index (χ2v) is 1.17. The zero-order valence-corrected chi connectivity index (χ0v) is 3.87. The van der Waals surface area contributed by atoms with Crippen LogP contribution >= 0.6 is 0 Å². The highest BCUT2D eigenvalue weighted by Crippen LogP contribution is 1.82. The van der Waals surface area contributed by atoms with Crippen LogP contribution in [0.1, 0.15) is 0 Å². The number of amides is 2. The van der Waals surface area contributed by atoms with Crippen molar-refractivity contribution in [1.29, 1.82) is 0 Å². The Morgan fingerprint density at radius 1 is 1.00 bits per heavy atom. The lowest BCUT2D eigenvalue weighted by molar-refractivity contribution is -0.135. The molecule has 0 aromatic heterocycles. The SMILES string of the molecule is O=C1N=CC=NC1=O. The van der Waals surface area contributed by atoms with Gasteiger partial charge in [-0.15, -0.1) is 0 Å². The Balaban J connectivity index is 2.89. The van der Waals surface area contributed by atoms with Gasteiger partial charge in [-0.2, -0.15) is 0 Å². The fourth-order valence-corrected chi connectivity index (χ4v) is 0.312. The van der Waals surface area contributed by atoms with Crippen LogP contribution in [0.3, 0.4) is 0 Å². The number of hydrogen-bond donors (Lipinski definition) is 0. The van der Waals surface area contributed by atoms with Gasteiger partial charge < -0.3 is 0 Å². The summed E-state index contributed by atoms with van der Waals surface area (Å²) in [5.41, 5.74) is 0. The lowest BCUT2D eigenvalue weighted by atomic mass is 10.5. The third kappa shape index (κ3) is 0.676. The molecule has 0 radical (unpaired) electrons. The van der Waals surface area contributed by atoms with E-state index in [1.54, 1.807) is 0 Å². The summed E-state index contributed by atoms with van der Waals surface area (Å²) in [5, 5.41) is 0. The summed E-state index contributed by atoms with van der Waals surface area (Å²) in [6, 6.07) is 0. The van der Waals surface area contributed by atoms with Gasteiger partial charge in [0, 0.05) is 12.4 Å². The van der Waals surface area contributed by atoms with Crippen LogP contribution in [0.4, 0.5) is 0 Å². The summed E-state index contributed by atoms with van der Waals surface area (Å²) in [5.74, 6) is -1.60. The van der Waals surface area contributed by atoms with E-state index in [4.69, 9.17) is 0 Å². The first-order valence-corrected chi connectivity index (χ1v) is 1.96. The number of carbonyl (C=O) groups excluding carboxylic acids is 2. The fourth-order valence-electron chi connectivity index (χ4n) is 0.312. The van der Waals surface area contributed by atoms with E-state index in [1.807, 2.05) is 0 Å². The van der Waals surface area contributed by atoms with Crippen molar-refractivity contribution < 1.29 is 9.59 Å². The van der Waals surface area contributed by atoms with E-state index < -0.39 is 11.8 Å². The van der Waals surface area contributed by atoms with Crippen molar-refractivity contribution in [2.45, 2.75) is 0 Å². The van der Waals surface area contributed by atoms with Crippen molar-refractivity contribution in [1.82, 2.24) is 0 Å². The smallest absolute Gasteiger partial charge is 0.261 e. The van der Waals surface area contributed by atoms with E-state index >= 15 is 0 Å². The van der Waals surface area contributed by atoms with Crippen molar-refractivity contribution in [2.75, 3.05) is 0 Å². The van der Waals surface area contributed by atoms with E-state index in [0.717, 1.165) is 0 Å². The lowest BCUT2D eigenvalue weighted by Crippen LogP contribution is -2.12. The van der Waals surface area contributed by atoms with E-state index in [0.29, 0.717) is 0 Å². The average molecular weight is 110 g/mol. The Morgan fingerprint density at radius 3 is 1.62 bits per heavy atom. The first-order valence-electron chi connectivity index (χ1n) is 1.96. The van der Waals surface area contributed by atoms with Crippen molar-refractivity contribution in [3.05, 3.63) is 0 Å². The number of aliphatic imine (C=N–C) groups is 2. The quantitative estimate of drug-likeness (QED) is 0.383. The minimum Gasteiger partial charge on any atom is -0.261 e. The molecule has 0 unspecified atom stereocenters. The Bertz CT molecular complexity index is 170. The molecular formula is C4H2N2O2. The molecule has 0 saturated heterocycles. The molecule has 0 saturated carbocycles. The molecule has 0 aromatic carbocycles. The van der Waals surface area contributed by atoms with Crippen LogP contribution in [-0.2, 0) is 9.59 Å². The van der Waals surface area contributed by atoms with E-state index in [9.17, 15) is 9.59 Å². The van der Waals surface area contributed by atoms with Crippen LogP contribution in [0, 0.1) is 0 Å². The molecule has 4 heteroatoms.